The van der Waals surface area contributed by atoms with Gasteiger partial charge in [-0.3, -0.25) is 0 Å². The standard InChI is InChI=1S/C19H20BrN3OS/c1-2-15-16(12-3-5-13(20)6-4-12)17-18(21-11-22-19(17)25-15)23-9-7-14(24)8-10-23/h3-6,11,14,24H,2,7-10H2,1H3. The van der Waals surface area contributed by atoms with E-state index < -0.39 is 0 Å². The summed E-state index contributed by atoms with van der Waals surface area (Å²) in [5, 5.41) is 11.0. The van der Waals surface area contributed by atoms with Gasteiger partial charge in [0.2, 0.25) is 0 Å². The Morgan fingerprint density at radius 3 is 2.60 bits per heavy atom. The first-order chi connectivity index (χ1) is 12.2. The lowest BCUT2D eigenvalue weighted by Gasteiger charge is -2.31. The van der Waals surface area contributed by atoms with Crippen LogP contribution in [-0.4, -0.2) is 34.3 Å². The van der Waals surface area contributed by atoms with Crippen LogP contribution in [0.15, 0.2) is 35.1 Å². The van der Waals surface area contributed by atoms with Crippen molar-refractivity contribution in [3.05, 3.63) is 39.9 Å². The molecule has 0 amide bonds. The number of nitrogens with zero attached hydrogens (tertiary/aromatic N) is 3. The average molecular weight is 418 g/mol. The van der Waals surface area contributed by atoms with Gasteiger partial charge in [0.05, 0.1) is 11.5 Å². The third-order valence-electron chi connectivity index (χ3n) is 4.76. The molecule has 6 heteroatoms. The van der Waals surface area contributed by atoms with Crippen molar-refractivity contribution < 1.29 is 5.11 Å². The van der Waals surface area contributed by atoms with Crippen molar-refractivity contribution in [2.45, 2.75) is 32.3 Å². The summed E-state index contributed by atoms with van der Waals surface area (Å²) >= 11 is 5.29. The van der Waals surface area contributed by atoms with Crippen molar-refractivity contribution in [3.63, 3.8) is 0 Å². The number of rotatable bonds is 3. The summed E-state index contributed by atoms with van der Waals surface area (Å²) in [6.07, 6.45) is 4.05. The number of benzene rings is 1. The predicted molar refractivity (Wildman–Crippen MR) is 107 cm³/mol. The van der Waals surface area contributed by atoms with E-state index in [9.17, 15) is 5.11 Å². The van der Waals surface area contributed by atoms with Gasteiger partial charge in [0.15, 0.2) is 0 Å². The third kappa shape index (κ3) is 3.18. The second kappa shape index (κ2) is 7.02. The summed E-state index contributed by atoms with van der Waals surface area (Å²) in [5.41, 5.74) is 2.47. The molecule has 0 unspecified atom stereocenters. The summed E-state index contributed by atoms with van der Waals surface area (Å²) in [6, 6.07) is 8.47. The van der Waals surface area contributed by atoms with Crippen LogP contribution in [0.25, 0.3) is 21.3 Å². The Balaban J connectivity index is 1.90. The highest BCUT2D eigenvalue weighted by atomic mass is 79.9. The summed E-state index contributed by atoms with van der Waals surface area (Å²) in [4.78, 5) is 13.9. The highest BCUT2D eigenvalue weighted by Gasteiger charge is 2.24. The molecule has 1 aliphatic heterocycles. The van der Waals surface area contributed by atoms with Crippen LogP contribution in [0, 0.1) is 0 Å². The number of hydrogen-bond acceptors (Lipinski definition) is 5. The lowest BCUT2D eigenvalue weighted by molar-refractivity contribution is 0.145. The predicted octanol–water partition coefficient (Wildman–Crippen LogP) is 4.64. The van der Waals surface area contributed by atoms with E-state index in [1.807, 2.05) is 0 Å². The first-order valence-corrected chi connectivity index (χ1v) is 10.2. The molecule has 130 valence electrons. The van der Waals surface area contributed by atoms with E-state index in [1.165, 1.54) is 16.0 Å². The lowest BCUT2D eigenvalue weighted by atomic mass is 10.0. The minimum Gasteiger partial charge on any atom is -0.393 e. The number of fused-ring (bicyclic) bond motifs is 1. The molecule has 1 aliphatic rings. The summed E-state index contributed by atoms with van der Waals surface area (Å²) in [7, 11) is 0. The minimum absolute atomic E-state index is 0.187. The molecular weight excluding hydrogens is 398 g/mol. The molecule has 0 atom stereocenters. The van der Waals surface area contributed by atoms with Gasteiger partial charge in [0.25, 0.3) is 0 Å². The van der Waals surface area contributed by atoms with Gasteiger partial charge in [-0.15, -0.1) is 11.3 Å². The maximum atomic E-state index is 9.83. The molecule has 3 heterocycles. The van der Waals surface area contributed by atoms with E-state index in [0.29, 0.717) is 0 Å². The normalized spacial score (nSPS) is 15.9. The average Bonchev–Trinajstić information content (AvgIpc) is 3.02. The van der Waals surface area contributed by atoms with Gasteiger partial charge < -0.3 is 10.0 Å². The zero-order chi connectivity index (χ0) is 17.4. The Morgan fingerprint density at radius 1 is 1.20 bits per heavy atom. The van der Waals surface area contributed by atoms with Gasteiger partial charge in [-0.05, 0) is 37.0 Å². The molecule has 1 aromatic carbocycles. The molecule has 0 bridgehead atoms. The zero-order valence-electron chi connectivity index (χ0n) is 14.1. The van der Waals surface area contributed by atoms with Gasteiger partial charge in [0.1, 0.15) is 17.0 Å². The summed E-state index contributed by atoms with van der Waals surface area (Å²) in [5.74, 6) is 1.01. The largest absolute Gasteiger partial charge is 0.393 e. The quantitative estimate of drug-likeness (QED) is 0.673. The fraction of sp³-hybridized carbons (Fsp3) is 0.368. The highest BCUT2D eigenvalue weighted by Crippen LogP contribution is 2.42. The van der Waals surface area contributed by atoms with Crippen LogP contribution in [0.4, 0.5) is 5.82 Å². The second-order valence-electron chi connectivity index (χ2n) is 6.36. The zero-order valence-corrected chi connectivity index (χ0v) is 16.5. The molecule has 1 saturated heterocycles. The number of halogens is 1. The molecule has 0 saturated carbocycles. The molecule has 2 aromatic heterocycles. The topological polar surface area (TPSA) is 49.2 Å². The van der Waals surface area contributed by atoms with E-state index in [1.54, 1.807) is 17.7 Å². The SMILES string of the molecule is CCc1sc2ncnc(N3CCC(O)CC3)c2c1-c1ccc(Br)cc1. The number of thiophene rings is 1. The van der Waals surface area contributed by atoms with E-state index in [4.69, 9.17) is 0 Å². The molecular formula is C19H20BrN3OS. The molecule has 4 rings (SSSR count). The first-order valence-electron chi connectivity index (χ1n) is 8.62. The molecule has 0 aliphatic carbocycles. The Bertz CT molecular complexity index is 886. The fourth-order valence-electron chi connectivity index (χ4n) is 3.45. The molecule has 1 N–H and O–H groups in total. The number of anilines is 1. The number of aliphatic hydroxyl groups is 1. The van der Waals surface area contributed by atoms with E-state index in [2.05, 4.69) is 62.0 Å². The van der Waals surface area contributed by atoms with Crippen molar-refractivity contribution in [1.82, 2.24) is 9.97 Å². The maximum Gasteiger partial charge on any atom is 0.141 e. The van der Waals surface area contributed by atoms with Crippen LogP contribution < -0.4 is 4.90 Å². The molecule has 1 fully saturated rings. The minimum atomic E-state index is -0.187. The first kappa shape index (κ1) is 16.9. The van der Waals surface area contributed by atoms with Crippen LogP contribution in [0.1, 0.15) is 24.6 Å². The highest BCUT2D eigenvalue weighted by molar-refractivity contribution is 9.10. The number of hydrogen-bond donors (Lipinski definition) is 1. The van der Waals surface area contributed by atoms with Crippen molar-refractivity contribution in [2.24, 2.45) is 0 Å². The van der Waals surface area contributed by atoms with E-state index in [0.717, 1.165) is 52.9 Å². The van der Waals surface area contributed by atoms with Crippen LogP contribution in [0.2, 0.25) is 0 Å². The summed E-state index contributed by atoms with van der Waals surface area (Å²) < 4.78 is 1.08. The molecule has 4 nitrogen and oxygen atoms in total. The molecule has 3 aromatic rings. The lowest BCUT2D eigenvalue weighted by Crippen LogP contribution is -2.36. The van der Waals surface area contributed by atoms with Crippen LogP contribution in [0.3, 0.4) is 0 Å². The third-order valence-corrected chi connectivity index (χ3v) is 6.53. The Kier molecular flexibility index (Phi) is 4.75. The van der Waals surface area contributed by atoms with Crippen LogP contribution in [-0.2, 0) is 6.42 Å². The van der Waals surface area contributed by atoms with Gasteiger partial charge in [-0.1, -0.05) is 35.0 Å². The van der Waals surface area contributed by atoms with E-state index >= 15 is 0 Å². The van der Waals surface area contributed by atoms with Gasteiger partial charge in [-0.25, -0.2) is 9.97 Å². The van der Waals surface area contributed by atoms with Crippen molar-refractivity contribution in [1.29, 1.82) is 0 Å². The molecule has 0 spiro atoms. The van der Waals surface area contributed by atoms with E-state index in [-0.39, 0.29) is 6.10 Å². The molecule has 25 heavy (non-hydrogen) atoms. The van der Waals surface area contributed by atoms with Crippen molar-refractivity contribution in [3.8, 4) is 11.1 Å². The Hall–Kier alpha value is -1.50. The smallest absolute Gasteiger partial charge is 0.141 e. The van der Waals surface area contributed by atoms with Gasteiger partial charge in [-0.2, -0.15) is 0 Å². The number of aliphatic hydroxyl groups excluding tert-OH is 1. The fourth-order valence-corrected chi connectivity index (χ4v) is 4.81. The van der Waals surface area contributed by atoms with Crippen LogP contribution in [0.5, 0.6) is 0 Å². The summed E-state index contributed by atoms with van der Waals surface area (Å²) in [6.45, 7) is 3.87. The van der Waals surface area contributed by atoms with Gasteiger partial charge in [0, 0.05) is 28.0 Å². The monoisotopic (exact) mass is 417 g/mol. The van der Waals surface area contributed by atoms with Gasteiger partial charge >= 0.3 is 0 Å². The number of aromatic nitrogens is 2. The van der Waals surface area contributed by atoms with Crippen LogP contribution >= 0.6 is 27.3 Å². The number of aryl methyl sites for hydroxylation is 1. The Labute approximate surface area is 159 Å². The second-order valence-corrected chi connectivity index (χ2v) is 8.36. The number of piperidine rings is 1. The van der Waals surface area contributed by atoms with Crippen molar-refractivity contribution in [2.75, 3.05) is 18.0 Å². The maximum absolute atomic E-state index is 9.83. The Morgan fingerprint density at radius 2 is 1.92 bits per heavy atom. The molecule has 0 radical (unpaired) electrons. The van der Waals surface area contributed by atoms with Crippen molar-refractivity contribution >= 4 is 43.3 Å².